The fourth-order valence-electron chi connectivity index (χ4n) is 2.96. The molecule has 5 nitrogen and oxygen atoms in total. The zero-order valence-electron chi connectivity index (χ0n) is 12.3. The fraction of sp³-hybridized carbons (Fsp3) is 0.467. The van der Waals surface area contributed by atoms with Crippen LogP contribution in [0, 0.1) is 5.92 Å². The van der Waals surface area contributed by atoms with E-state index < -0.39 is 17.8 Å². The lowest BCUT2D eigenvalue weighted by Crippen LogP contribution is -2.44. The number of piperidine rings is 1. The van der Waals surface area contributed by atoms with Gasteiger partial charge >= 0.3 is 11.9 Å². The quantitative estimate of drug-likeness (QED) is 0.919. The number of alkyl halides is 3. The van der Waals surface area contributed by atoms with Crippen molar-refractivity contribution in [2.75, 3.05) is 13.1 Å². The summed E-state index contributed by atoms with van der Waals surface area (Å²) >= 11 is 0. The number of rotatable bonds is 2. The number of aromatic nitrogens is 2. The summed E-state index contributed by atoms with van der Waals surface area (Å²) in [6, 6.07) is 6.97. The minimum Gasteiger partial charge on any atom is -0.341 e. The Labute approximate surface area is 129 Å². The number of carbonyl (C=O) groups excluding carboxylic acids is 1. The molecule has 0 atom stereocenters. The van der Waals surface area contributed by atoms with Gasteiger partial charge in [0.2, 0.25) is 5.91 Å². The first-order valence-corrected chi connectivity index (χ1v) is 7.38. The molecule has 0 bridgehead atoms. The summed E-state index contributed by atoms with van der Waals surface area (Å²) in [7, 11) is 0. The van der Waals surface area contributed by atoms with Crippen LogP contribution < -0.4 is 5.69 Å². The number of nitrogens with one attached hydrogen (secondary N) is 1. The predicted molar refractivity (Wildman–Crippen MR) is 77.9 cm³/mol. The number of halogens is 3. The third-order valence-electron chi connectivity index (χ3n) is 4.29. The molecule has 23 heavy (non-hydrogen) atoms. The van der Waals surface area contributed by atoms with Crippen LogP contribution in [0.1, 0.15) is 12.8 Å². The Balaban J connectivity index is 1.70. The number of likely N-dealkylation sites (tertiary alicyclic amines) is 1. The molecular formula is C15H16F3N3O2. The number of para-hydroxylation sites is 2. The molecule has 0 saturated carbocycles. The van der Waals surface area contributed by atoms with Crippen LogP contribution in [-0.2, 0) is 11.3 Å². The Kier molecular flexibility index (Phi) is 3.91. The summed E-state index contributed by atoms with van der Waals surface area (Å²) in [5, 5.41) is 0. The minimum atomic E-state index is -4.21. The molecule has 1 aliphatic heterocycles. The molecule has 1 aliphatic rings. The van der Waals surface area contributed by atoms with Gasteiger partial charge in [-0.15, -0.1) is 0 Å². The van der Waals surface area contributed by atoms with Crippen molar-refractivity contribution in [1.82, 2.24) is 14.5 Å². The third kappa shape index (κ3) is 3.11. The first-order valence-electron chi connectivity index (χ1n) is 7.38. The van der Waals surface area contributed by atoms with E-state index in [1.54, 1.807) is 24.3 Å². The Hall–Kier alpha value is -2.25. The van der Waals surface area contributed by atoms with Crippen molar-refractivity contribution in [2.45, 2.75) is 25.6 Å². The maximum Gasteiger partial charge on any atom is 0.391 e. The van der Waals surface area contributed by atoms with E-state index in [4.69, 9.17) is 0 Å². The van der Waals surface area contributed by atoms with Crippen LogP contribution in [0.3, 0.4) is 0 Å². The van der Waals surface area contributed by atoms with Crippen LogP contribution in [0.4, 0.5) is 13.2 Å². The average Bonchev–Trinajstić information content (AvgIpc) is 2.82. The Morgan fingerprint density at radius 3 is 2.52 bits per heavy atom. The first kappa shape index (κ1) is 15.6. The van der Waals surface area contributed by atoms with E-state index in [0.717, 1.165) is 0 Å². The van der Waals surface area contributed by atoms with E-state index in [-0.39, 0.29) is 38.4 Å². The summed E-state index contributed by atoms with van der Waals surface area (Å²) < 4.78 is 39.3. The monoisotopic (exact) mass is 327 g/mol. The van der Waals surface area contributed by atoms with Gasteiger partial charge in [0, 0.05) is 13.1 Å². The van der Waals surface area contributed by atoms with E-state index in [0.29, 0.717) is 11.0 Å². The van der Waals surface area contributed by atoms with Crippen molar-refractivity contribution in [3.8, 4) is 0 Å². The third-order valence-corrected chi connectivity index (χ3v) is 4.29. The maximum absolute atomic E-state index is 12.6. The standard InChI is InChI=1S/C15H16F3N3O2/c16-15(17,18)10-5-7-20(8-6-10)13(22)9-21-12-4-2-1-3-11(12)19-14(21)23/h1-4,10H,5-9H2,(H,19,23). The van der Waals surface area contributed by atoms with Crippen molar-refractivity contribution < 1.29 is 18.0 Å². The molecule has 1 saturated heterocycles. The zero-order chi connectivity index (χ0) is 16.6. The molecule has 0 spiro atoms. The number of aromatic amines is 1. The van der Waals surface area contributed by atoms with E-state index in [1.807, 2.05) is 0 Å². The second-order valence-electron chi connectivity index (χ2n) is 5.73. The molecule has 0 aliphatic carbocycles. The Bertz CT molecular complexity index is 770. The molecule has 1 amide bonds. The second kappa shape index (κ2) is 5.75. The molecule has 0 unspecified atom stereocenters. The van der Waals surface area contributed by atoms with Gasteiger partial charge in [0.05, 0.1) is 17.0 Å². The van der Waals surface area contributed by atoms with Gasteiger partial charge < -0.3 is 9.88 Å². The average molecular weight is 327 g/mol. The highest BCUT2D eigenvalue weighted by atomic mass is 19.4. The molecule has 1 fully saturated rings. The molecular weight excluding hydrogens is 311 g/mol. The van der Waals surface area contributed by atoms with Gasteiger partial charge in [0.25, 0.3) is 0 Å². The van der Waals surface area contributed by atoms with Gasteiger partial charge in [0.1, 0.15) is 6.54 Å². The number of benzene rings is 1. The van der Waals surface area contributed by atoms with Crippen molar-refractivity contribution in [2.24, 2.45) is 5.92 Å². The van der Waals surface area contributed by atoms with Crippen molar-refractivity contribution in [3.05, 3.63) is 34.7 Å². The number of hydrogen-bond acceptors (Lipinski definition) is 2. The Morgan fingerprint density at radius 1 is 1.22 bits per heavy atom. The molecule has 2 aromatic rings. The van der Waals surface area contributed by atoms with E-state index in [9.17, 15) is 22.8 Å². The lowest BCUT2D eigenvalue weighted by molar-refractivity contribution is -0.186. The number of hydrogen-bond donors (Lipinski definition) is 1. The van der Waals surface area contributed by atoms with Gasteiger partial charge in [-0.05, 0) is 25.0 Å². The molecule has 2 heterocycles. The summed E-state index contributed by atoms with van der Waals surface area (Å²) in [6.07, 6.45) is -4.38. The number of nitrogens with zero attached hydrogens (tertiary/aromatic N) is 2. The van der Waals surface area contributed by atoms with Crippen LogP contribution in [0.15, 0.2) is 29.1 Å². The van der Waals surface area contributed by atoms with Crippen LogP contribution in [0.25, 0.3) is 11.0 Å². The highest BCUT2D eigenvalue weighted by molar-refractivity contribution is 5.80. The van der Waals surface area contributed by atoms with Gasteiger partial charge in [-0.25, -0.2) is 4.79 Å². The molecule has 8 heteroatoms. The topological polar surface area (TPSA) is 58.1 Å². The molecule has 124 valence electrons. The van der Waals surface area contributed by atoms with Gasteiger partial charge in [-0.3, -0.25) is 9.36 Å². The number of amides is 1. The van der Waals surface area contributed by atoms with Gasteiger partial charge in [-0.1, -0.05) is 12.1 Å². The SMILES string of the molecule is O=C(Cn1c(=O)[nH]c2ccccc21)N1CCC(C(F)(F)F)CC1. The second-order valence-corrected chi connectivity index (χ2v) is 5.73. The highest BCUT2D eigenvalue weighted by Crippen LogP contribution is 2.34. The Morgan fingerprint density at radius 2 is 1.87 bits per heavy atom. The fourth-order valence-corrected chi connectivity index (χ4v) is 2.96. The number of imidazole rings is 1. The van der Waals surface area contributed by atoms with E-state index in [1.165, 1.54) is 9.47 Å². The largest absolute Gasteiger partial charge is 0.391 e. The smallest absolute Gasteiger partial charge is 0.341 e. The summed E-state index contributed by atoms with van der Waals surface area (Å²) in [5.41, 5.74) is 0.835. The van der Waals surface area contributed by atoms with E-state index in [2.05, 4.69) is 4.98 Å². The molecule has 3 rings (SSSR count). The van der Waals surface area contributed by atoms with Crippen molar-refractivity contribution in [3.63, 3.8) is 0 Å². The summed E-state index contributed by atoms with van der Waals surface area (Å²) in [5.74, 6) is -1.68. The van der Waals surface area contributed by atoms with Crippen molar-refractivity contribution >= 4 is 16.9 Å². The number of carbonyl (C=O) groups is 1. The lowest BCUT2D eigenvalue weighted by atomic mass is 9.96. The number of H-pyrrole nitrogens is 1. The normalized spacial score (nSPS) is 16.9. The maximum atomic E-state index is 12.6. The molecule has 1 N–H and O–H groups in total. The minimum absolute atomic E-state index is 0.0696. The zero-order valence-corrected chi connectivity index (χ0v) is 12.3. The van der Waals surface area contributed by atoms with Crippen LogP contribution in [0.2, 0.25) is 0 Å². The molecule has 0 radical (unpaired) electrons. The van der Waals surface area contributed by atoms with E-state index >= 15 is 0 Å². The van der Waals surface area contributed by atoms with Crippen LogP contribution in [0.5, 0.6) is 0 Å². The van der Waals surface area contributed by atoms with Crippen LogP contribution >= 0.6 is 0 Å². The number of fused-ring (bicyclic) bond motifs is 1. The molecule has 1 aromatic heterocycles. The highest BCUT2D eigenvalue weighted by Gasteiger charge is 2.41. The molecule has 1 aromatic carbocycles. The first-order chi connectivity index (χ1) is 10.9. The summed E-state index contributed by atoms with van der Waals surface area (Å²) in [6.45, 7) is -0.0280. The summed E-state index contributed by atoms with van der Waals surface area (Å²) in [4.78, 5) is 28.3. The van der Waals surface area contributed by atoms with Gasteiger partial charge in [0.15, 0.2) is 0 Å². The van der Waals surface area contributed by atoms with Gasteiger partial charge in [-0.2, -0.15) is 13.2 Å². The lowest BCUT2D eigenvalue weighted by Gasteiger charge is -2.33. The van der Waals surface area contributed by atoms with Crippen LogP contribution in [-0.4, -0.2) is 39.6 Å². The predicted octanol–water partition coefficient (Wildman–Crippen LogP) is 2.13. The van der Waals surface area contributed by atoms with Crippen molar-refractivity contribution in [1.29, 1.82) is 0 Å².